The minimum absolute atomic E-state index is 0.169. The number of amides is 2. The van der Waals surface area contributed by atoms with Crippen LogP contribution in [0.2, 0.25) is 0 Å². The Kier molecular flexibility index (Phi) is 5.52. The average Bonchev–Trinajstić information content (AvgIpc) is 2.38. The van der Waals surface area contributed by atoms with E-state index in [0.717, 1.165) is 25.7 Å². The quantitative estimate of drug-likeness (QED) is 0.832. The zero-order valence-corrected chi connectivity index (χ0v) is 12.9. The first-order valence-electron chi connectivity index (χ1n) is 6.59. The summed E-state index contributed by atoms with van der Waals surface area (Å²) < 4.78 is 0. The number of carbonyl (C=O) groups is 2. The van der Waals surface area contributed by atoms with Gasteiger partial charge in [-0.2, -0.15) is 11.8 Å². The highest BCUT2D eigenvalue weighted by Gasteiger charge is 2.36. The molecule has 0 spiro atoms. The fourth-order valence-electron chi connectivity index (χ4n) is 2.11. The molecule has 110 valence electrons. The van der Waals surface area contributed by atoms with Crippen molar-refractivity contribution in [3.05, 3.63) is 0 Å². The van der Waals surface area contributed by atoms with Gasteiger partial charge in [0.15, 0.2) is 0 Å². The standard InChI is InChI=1S/C13H24N2O3S/c1-13(2,11(16)17)15(3)12(18)14-9-5-7-10(19-4)8-6-9/h9-10H,5-8H2,1-4H3,(H,14,18)(H,16,17). The molecule has 6 heteroatoms. The molecule has 0 bridgehead atoms. The molecular formula is C13H24N2O3S. The van der Waals surface area contributed by atoms with Crippen molar-refractivity contribution in [2.24, 2.45) is 0 Å². The van der Waals surface area contributed by atoms with E-state index in [-0.39, 0.29) is 12.1 Å². The molecule has 5 nitrogen and oxygen atoms in total. The van der Waals surface area contributed by atoms with Crippen LogP contribution >= 0.6 is 11.8 Å². The van der Waals surface area contributed by atoms with E-state index in [4.69, 9.17) is 5.11 Å². The first-order valence-corrected chi connectivity index (χ1v) is 7.88. The summed E-state index contributed by atoms with van der Waals surface area (Å²) in [6, 6.07) is -0.136. The van der Waals surface area contributed by atoms with Crippen molar-refractivity contribution < 1.29 is 14.7 Å². The fourth-order valence-corrected chi connectivity index (χ4v) is 2.86. The van der Waals surface area contributed by atoms with Crippen LogP contribution in [0.3, 0.4) is 0 Å². The molecule has 0 aliphatic heterocycles. The van der Waals surface area contributed by atoms with E-state index in [1.807, 2.05) is 11.8 Å². The van der Waals surface area contributed by atoms with E-state index in [9.17, 15) is 9.59 Å². The summed E-state index contributed by atoms with van der Waals surface area (Å²) in [5.74, 6) is -1.00. The van der Waals surface area contributed by atoms with Gasteiger partial charge in [0, 0.05) is 18.3 Å². The predicted molar refractivity (Wildman–Crippen MR) is 77.6 cm³/mol. The number of aliphatic carboxylic acids is 1. The Morgan fingerprint density at radius 1 is 1.26 bits per heavy atom. The Bertz CT molecular complexity index is 339. The number of rotatable bonds is 4. The molecule has 0 aromatic rings. The summed E-state index contributed by atoms with van der Waals surface area (Å²) in [6.07, 6.45) is 6.28. The normalized spacial score (nSPS) is 23.8. The van der Waals surface area contributed by atoms with Gasteiger partial charge in [0.2, 0.25) is 0 Å². The topological polar surface area (TPSA) is 69.6 Å². The Labute approximate surface area is 119 Å². The van der Waals surface area contributed by atoms with Crippen molar-refractivity contribution in [2.75, 3.05) is 13.3 Å². The summed E-state index contributed by atoms with van der Waals surface area (Å²) >= 11 is 1.88. The van der Waals surface area contributed by atoms with Crippen LogP contribution in [0.15, 0.2) is 0 Å². The van der Waals surface area contributed by atoms with Gasteiger partial charge in [0.05, 0.1) is 0 Å². The van der Waals surface area contributed by atoms with Crippen LogP contribution in [0.5, 0.6) is 0 Å². The van der Waals surface area contributed by atoms with Gasteiger partial charge in [-0.05, 0) is 45.8 Å². The summed E-state index contributed by atoms with van der Waals surface area (Å²) in [5.41, 5.74) is -1.19. The minimum atomic E-state index is -1.19. The lowest BCUT2D eigenvalue weighted by Crippen LogP contribution is -2.56. The second-order valence-electron chi connectivity index (χ2n) is 5.58. The third-order valence-corrected chi connectivity index (χ3v) is 5.14. The second kappa shape index (κ2) is 6.50. The molecule has 0 radical (unpaired) electrons. The molecule has 2 amide bonds. The first-order chi connectivity index (χ1) is 8.78. The number of thioether (sulfide) groups is 1. The zero-order chi connectivity index (χ0) is 14.6. The Balaban J connectivity index is 2.50. The number of nitrogens with one attached hydrogen (secondary N) is 1. The molecule has 0 saturated heterocycles. The lowest BCUT2D eigenvalue weighted by atomic mass is 9.95. The van der Waals surface area contributed by atoms with Gasteiger partial charge < -0.3 is 15.3 Å². The number of hydrogen-bond donors (Lipinski definition) is 2. The van der Waals surface area contributed by atoms with Gasteiger partial charge in [0.25, 0.3) is 0 Å². The second-order valence-corrected chi connectivity index (χ2v) is 6.72. The van der Waals surface area contributed by atoms with Crippen LogP contribution in [0.4, 0.5) is 4.79 Å². The maximum Gasteiger partial charge on any atom is 0.329 e. The van der Waals surface area contributed by atoms with Gasteiger partial charge in [-0.25, -0.2) is 9.59 Å². The number of nitrogens with zero attached hydrogens (tertiary/aromatic N) is 1. The molecule has 0 unspecified atom stereocenters. The molecule has 19 heavy (non-hydrogen) atoms. The summed E-state index contributed by atoms with van der Waals surface area (Å²) in [6.45, 7) is 3.05. The number of carboxylic acid groups (broad SMARTS) is 1. The Hall–Kier alpha value is -0.910. The monoisotopic (exact) mass is 288 g/mol. The van der Waals surface area contributed by atoms with E-state index in [1.54, 1.807) is 0 Å². The van der Waals surface area contributed by atoms with E-state index < -0.39 is 11.5 Å². The fraction of sp³-hybridized carbons (Fsp3) is 0.846. The lowest BCUT2D eigenvalue weighted by molar-refractivity contribution is -0.146. The van der Waals surface area contributed by atoms with Crippen molar-refractivity contribution in [1.82, 2.24) is 10.2 Å². The van der Waals surface area contributed by atoms with Crippen molar-refractivity contribution in [3.8, 4) is 0 Å². The van der Waals surface area contributed by atoms with Crippen LogP contribution < -0.4 is 5.32 Å². The van der Waals surface area contributed by atoms with E-state index in [0.29, 0.717) is 5.25 Å². The van der Waals surface area contributed by atoms with Crippen LogP contribution in [0.1, 0.15) is 39.5 Å². The van der Waals surface area contributed by atoms with Crippen molar-refractivity contribution >= 4 is 23.8 Å². The van der Waals surface area contributed by atoms with Crippen LogP contribution in [0, 0.1) is 0 Å². The molecule has 0 atom stereocenters. The van der Waals surface area contributed by atoms with Crippen LogP contribution in [-0.2, 0) is 4.79 Å². The van der Waals surface area contributed by atoms with Crippen molar-refractivity contribution in [2.45, 2.75) is 56.4 Å². The molecule has 1 rings (SSSR count). The molecule has 1 aliphatic rings. The SMILES string of the molecule is CSC1CCC(NC(=O)N(C)C(C)(C)C(=O)O)CC1. The van der Waals surface area contributed by atoms with Gasteiger partial charge in [0.1, 0.15) is 5.54 Å². The number of carboxylic acids is 1. The number of likely N-dealkylation sites (N-methyl/N-ethyl adjacent to an activating group) is 1. The predicted octanol–water partition coefficient (Wildman–Crippen LogP) is 2.17. The van der Waals surface area contributed by atoms with E-state index >= 15 is 0 Å². The highest BCUT2D eigenvalue weighted by atomic mass is 32.2. The molecule has 0 aromatic heterocycles. The van der Waals surface area contributed by atoms with Crippen molar-refractivity contribution in [3.63, 3.8) is 0 Å². The smallest absolute Gasteiger partial charge is 0.329 e. The van der Waals surface area contributed by atoms with Gasteiger partial charge in [-0.15, -0.1) is 0 Å². The first kappa shape index (κ1) is 16.1. The Morgan fingerprint density at radius 2 is 1.79 bits per heavy atom. The van der Waals surface area contributed by atoms with Gasteiger partial charge >= 0.3 is 12.0 Å². The number of carbonyl (C=O) groups excluding carboxylic acids is 1. The molecule has 1 saturated carbocycles. The maximum atomic E-state index is 12.1. The average molecular weight is 288 g/mol. The lowest BCUT2D eigenvalue weighted by Gasteiger charge is -2.34. The summed E-state index contributed by atoms with van der Waals surface area (Å²) in [4.78, 5) is 24.4. The molecule has 1 aliphatic carbocycles. The highest BCUT2D eigenvalue weighted by molar-refractivity contribution is 7.99. The molecule has 0 heterocycles. The molecule has 0 aromatic carbocycles. The highest BCUT2D eigenvalue weighted by Crippen LogP contribution is 2.27. The molecule has 2 N–H and O–H groups in total. The Morgan fingerprint density at radius 3 is 2.21 bits per heavy atom. The summed E-state index contributed by atoms with van der Waals surface area (Å²) in [5, 5.41) is 12.7. The maximum absolute atomic E-state index is 12.1. The summed E-state index contributed by atoms with van der Waals surface area (Å²) in [7, 11) is 1.52. The van der Waals surface area contributed by atoms with Gasteiger partial charge in [-0.1, -0.05) is 0 Å². The zero-order valence-electron chi connectivity index (χ0n) is 12.1. The van der Waals surface area contributed by atoms with Crippen LogP contribution in [0.25, 0.3) is 0 Å². The molecular weight excluding hydrogens is 264 g/mol. The van der Waals surface area contributed by atoms with Crippen LogP contribution in [-0.4, -0.2) is 52.1 Å². The third-order valence-electron chi connectivity index (χ3n) is 4.00. The number of urea groups is 1. The van der Waals surface area contributed by atoms with E-state index in [2.05, 4.69) is 11.6 Å². The van der Waals surface area contributed by atoms with Gasteiger partial charge in [-0.3, -0.25) is 0 Å². The van der Waals surface area contributed by atoms with Crippen molar-refractivity contribution in [1.29, 1.82) is 0 Å². The molecule has 1 fully saturated rings. The largest absolute Gasteiger partial charge is 0.480 e. The minimum Gasteiger partial charge on any atom is -0.480 e. The number of hydrogen-bond acceptors (Lipinski definition) is 3. The third kappa shape index (κ3) is 4.03. The van der Waals surface area contributed by atoms with E-state index in [1.165, 1.54) is 25.8 Å².